The van der Waals surface area contributed by atoms with Crippen LogP contribution in [0.1, 0.15) is 28.6 Å². The lowest BCUT2D eigenvalue weighted by Gasteiger charge is -2.15. The molecule has 5 heteroatoms. The van der Waals surface area contributed by atoms with Crippen LogP contribution in [0.3, 0.4) is 0 Å². The molecule has 0 aliphatic carbocycles. The maximum Gasteiger partial charge on any atom is 0.128 e. The van der Waals surface area contributed by atoms with E-state index in [2.05, 4.69) is 32.0 Å². The Hall–Kier alpha value is -1.33. The largest absolute Gasteiger partial charge is 0.496 e. The quantitative estimate of drug-likeness (QED) is 0.916. The third kappa shape index (κ3) is 2.42. The van der Waals surface area contributed by atoms with E-state index in [1.54, 1.807) is 13.3 Å². The highest BCUT2D eigenvalue weighted by molar-refractivity contribution is 9.10. The normalized spacial score (nSPS) is 12.5. The number of aromatic amines is 1. The third-order valence-electron chi connectivity index (χ3n) is 2.98. The van der Waals surface area contributed by atoms with Gasteiger partial charge in [0.2, 0.25) is 0 Å². The third-order valence-corrected chi connectivity index (χ3v) is 3.38. The van der Waals surface area contributed by atoms with Crippen LogP contribution >= 0.6 is 15.9 Å². The highest BCUT2D eigenvalue weighted by Gasteiger charge is 2.16. The van der Waals surface area contributed by atoms with Gasteiger partial charge >= 0.3 is 0 Å². The number of ether oxygens (including phenoxy) is 1. The predicted octanol–water partition coefficient (Wildman–Crippen LogP) is 2.85. The molecule has 0 spiro atoms. The van der Waals surface area contributed by atoms with Gasteiger partial charge in [-0.2, -0.15) is 0 Å². The van der Waals surface area contributed by atoms with Gasteiger partial charge in [0.05, 0.1) is 19.3 Å². The Morgan fingerprint density at radius 3 is 2.61 bits per heavy atom. The maximum atomic E-state index is 6.24. The van der Waals surface area contributed by atoms with Crippen molar-refractivity contribution in [2.24, 2.45) is 5.73 Å². The SMILES string of the molecule is COc1cc(C)c(C(N)c2ncc(Br)[nH]2)cc1C. The molecule has 0 aliphatic rings. The van der Waals surface area contributed by atoms with Gasteiger partial charge in [0.25, 0.3) is 0 Å². The Balaban J connectivity index is 2.42. The molecule has 0 aliphatic heterocycles. The molecule has 0 bridgehead atoms. The van der Waals surface area contributed by atoms with Gasteiger partial charge in [0.15, 0.2) is 0 Å². The van der Waals surface area contributed by atoms with Crippen molar-refractivity contribution in [3.05, 3.63) is 45.4 Å². The van der Waals surface area contributed by atoms with Crippen molar-refractivity contribution >= 4 is 15.9 Å². The van der Waals surface area contributed by atoms with E-state index in [0.29, 0.717) is 0 Å². The number of rotatable bonds is 3. The summed E-state index contributed by atoms with van der Waals surface area (Å²) in [5, 5.41) is 0. The number of nitrogens with zero attached hydrogens (tertiary/aromatic N) is 1. The van der Waals surface area contributed by atoms with Crippen LogP contribution in [0, 0.1) is 13.8 Å². The first-order valence-corrected chi connectivity index (χ1v) is 6.43. The second-order valence-electron chi connectivity index (χ2n) is 4.27. The van der Waals surface area contributed by atoms with Crippen LogP contribution in [0.5, 0.6) is 5.75 Å². The van der Waals surface area contributed by atoms with E-state index in [1.807, 2.05) is 19.9 Å². The fourth-order valence-corrected chi connectivity index (χ4v) is 2.29. The van der Waals surface area contributed by atoms with E-state index in [9.17, 15) is 0 Å². The Bertz CT molecular complexity index is 565. The van der Waals surface area contributed by atoms with Gasteiger partial charge < -0.3 is 15.5 Å². The number of halogens is 1. The van der Waals surface area contributed by atoms with Crippen molar-refractivity contribution in [2.45, 2.75) is 19.9 Å². The number of imidazole rings is 1. The molecular formula is C13H16BrN3O. The first kappa shape index (κ1) is 13.1. The molecule has 1 heterocycles. The van der Waals surface area contributed by atoms with Crippen LogP contribution in [-0.2, 0) is 0 Å². The first-order valence-electron chi connectivity index (χ1n) is 5.64. The van der Waals surface area contributed by atoms with E-state index in [0.717, 1.165) is 32.9 Å². The average molecular weight is 310 g/mol. The monoisotopic (exact) mass is 309 g/mol. The van der Waals surface area contributed by atoms with Crippen molar-refractivity contribution in [3.63, 3.8) is 0 Å². The molecule has 0 radical (unpaired) electrons. The number of hydrogen-bond donors (Lipinski definition) is 2. The van der Waals surface area contributed by atoms with Crippen molar-refractivity contribution < 1.29 is 4.74 Å². The minimum absolute atomic E-state index is 0.263. The van der Waals surface area contributed by atoms with Gasteiger partial charge in [-0.3, -0.25) is 0 Å². The molecule has 96 valence electrons. The summed E-state index contributed by atoms with van der Waals surface area (Å²) in [5.74, 6) is 1.62. The average Bonchev–Trinajstić information content (AvgIpc) is 2.77. The number of methoxy groups -OCH3 is 1. The molecule has 0 amide bonds. The van der Waals surface area contributed by atoms with Crippen LogP contribution < -0.4 is 10.5 Å². The lowest BCUT2D eigenvalue weighted by Crippen LogP contribution is -2.15. The molecule has 1 unspecified atom stereocenters. The molecule has 2 aromatic rings. The van der Waals surface area contributed by atoms with Gasteiger partial charge in [-0.15, -0.1) is 0 Å². The minimum Gasteiger partial charge on any atom is -0.496 e. The molecule has 18 heavy (non-hydrogen) atoms. The predicted molar refractivity (Wildman–Crippen MR) is 74.8 cm³/mol. The zero-order chi connectivity index (χ0) is 13.3. The van der Waals surface area contributed by atoms with Crippen molar-refractivity contribution in [2.75, 3.05) is 7.11 Å². The molecule has 1 atom stereocenters. The topological polar surface area (TPSA) is 63.9 Å². The fraction of sp³-hybridized carbons (Fsp3) is 0.308. The Morgan fingerprint density at radius 1 is 1.33 bits per heavy atom. The summed E-state index contributed by atoms with van der Waals surface area (Å²) in [6.45, 7) is 4.03. The van der Waals surface area contributed by atoms with E-state index in [1.165, 1.54) is 0 Å². The maximum absolute atomic E-state index is 6.24. The summed E-state index contributed by atoms with van der Waals surface area (Å²) >= 11 is 3.34. The molecule has 0 fully saturated rings. The number of benzene rings is 1. The zero-order valence-corrected chi connectivity index (χ0v) is 12.2. The number of hydrogen-bond acceptors (Lipinski definition) is 3. The van der Waals surface area contributed by atoms with Crippen LogP contribution in [-0.4, -0.2) is 17.1 Å². The van der Waals surface area contributed by atoms with Gasteiger partial charge in [-0.05, 0) is 52.5 Å². The highest BCUT2D eigenvalue weighted by atomic mass is 79.9. The smallest absolute Gasteiger partial charge is 0.128 e. The highest BCUT2D eigenvalue weighted by Crippen LogP contribution is 2.28. The van der Waals surface area contributed by atoms with Crippen molar-refractivity contribution in [3.8, 4) is 5.75 Å². The number of nitrogens with one attached hydrogen (secondary N) is 1. The Labute approximate surface area is 115 Å². The van der Waals surface area contributed by atoms with E-state index in [4.69, 9.17) is 10.5 Å². The number of H-pyrrole nitrogens is 1. The van der Waals surface area contributed by atoms with E-state index < -0.39 is 0 Å². The molecule has 2 rings (SSSR count). The summed E-state index contributed by atoms with van der Waals surface area (Å²) in [7, 11) is 1.67. The number of aryl methyl sites for hydroxylation is 2. The van der Waals surface area contributed by atoms with Crippen molar-refractivity contribution in [1.82, 2.24) is 9.97 Å². The second-order valence-corrected chi connectivity index (χ2v) is 5.13. The molecule has 1 aromatic heterocycles. The number of nitrogens with two attached hydrogens (primary N) is 1. The molecule has 1 aromatic carbocycles. The fourth-order valence-electron chi connectivity index (χ4n) is 1.99. The van der Waals surface area contributed by atoms with Gasteiger partial charge in [-0.1, -0.05) is 6.07 Å². The van der Waals surface area contributed by atoms with Crippen molar-refractivity contribution in [1.29, 1.82) is 0 Å². The summed E-state index contributed by atoms with van der Waals surface area (Å²) in [6, 6.07) is 3.79. The lowest BCUT2D eigenvalue weighted by molar-refractivity contribution is 0.411. The first-order chi connectivity index (χ1) is 8.52. The van der Waals surface area contributed by atoms with Crippen LogP contribution in [0.4, 0.5) is 0 Å². The zero-order valence-electron chi connectivity index (χ0n) is 10.6. The van der Waals surface area contributed by atoms with Crippen LogP contribution in [0.2, 0.25) is 0 Å². The summed E-state index contributed by atoms with van der Waals surface area (Å²) < 4.78 is 6.13. The second kappa shape index (κ2) is 5.12. The molecule has 0 saturated carbocycles. The number of aromatic nitrogens is 2. The van der Waals surface area contributed by atoms with E-state index >= 15 is 0 Å². The molecule has 0 saturated heterocycles. The minimum atomic E-state index is -0.263. The molecule has 3 N–H and O–H groups in total. The van der Waals surface area contributed by atoms with Crippen LogP contribution in [0.15, 0.2) is 22.9 Å². The van der Waals surface area contributed by atoms with E-state index in [-0.39, 0.29) is 6.04 Å². The standard InChI is InChI=1S/C13H16BrN3O/c1-7-5-10(18-3)8(2)4-9(7)12(15)13-16-6-11(14)17-13/h4-6,12H,15H2,1-3H3,(H,16,17). The van der Waals surface area contributed by atoms with Crippen LogP contribution in [0.25, 0.3) is 0 Å². The summed E-state index contributed by atoms with van der Waals surface area (Å²) in [6.07, 6.45) is 1.71. The molecule has 4 nitrogen and oxygen atoms in total. The summed E-state index contributed by atoms with van der Waals surface area (Å²) in [5.41, 5.74) is 9.45. The lowest BCUT2D eigenvalue weighted by atomic mass is 9.98. The van der Waals surface area contributed by atoms with Gasteiger partial charge in [0, 0.05) is 0 Å². The Kier molecular flexibility index (Phi) is 3.73. The summed E-state index contributed by atoms with van der Waals surface area (Å²) in [4.78, 5) is 7.35. The Morgan fingerprint density at radius 2 is 2.06 bits per heavy atom. The van der Waals surface area contributed by atoms with Gasteiger partial charge in [0.1, 0.15) is 16.2 Å². The van der Waals surface area contributed by atoms with Gasteiger partial charge in [-0.25, -0.2) is 4.98 Å². The molecular weight excluding hydrogens is 294 g/mol.